The van der Waals surface area contributed by atoms with Gasteiger partial charge in [0.25, 0.3) is 0 Å². The number of hydrogen-bond donors (Lipinski definition) is 2. The topological polar surface area (TPSA) is 51.0 Å². The van der Waals surface area contributed by atoms with E-state index < -0.39 is 0 Å². The standard InChI is InChI=1S/C13H18N2O/c1-8(2)13(14)9-7-15-10-5-4-6-11(16-3)12(9)10/h4-8,13,15H,14H2,1-3H3. The molecule has 2 rings (SSSR count). The molecular weight excluding hydrogens is 200 g/mol. The average Bonchev–Trinajstić information content (AvgIpc) is 2.71. The molecule has 1 aromatic heterocycles. The lowest BCUT2D eigenvalue weighted by Crippen LogP contribution is -2.16. The number of aromatic nitrogens is 1. The highest BCUT2D eigenvalue weighted by atomic mass is 16.5. The summed E-state index contributed by atoms with van der Waals surface area (Å²) >= 11 is 0. The lowest BCUT2D eigenvalue weighted by molar-refractivity contribution is 0.419. The van der Waals surface area contributed by atoms with Crippen LogP contribution in [0.15, 0.2) is 24.4 Å². The van der Waals surface area contributed by atoms with E-state index in [1.807, 2.05) is 24.4 Å². The van der Waals surface area contributed by atoms with Crippen LogP contribution in [0.2, 0.25) is 0 Å². The third-order valence-electron chi connectivity index (χ3n) is 3.00. The maximum atomic E-state index is 6.20. The third kappa shape index (κ3) is 1.67. The van der Waals surface area contributed by atoms with Crippen LogP contribution in [-0.4, -0.2) is 12.1 Å². The fraction of sp³-hybridized carbons (Fsp3) is 0.385. The van der Waals surface area contributed by atoms with Crippen molar-refractivity contribution in [3.63, 3.8) is 0 Å². The van der Waals surface area contributed by atoms with Gasteiger partial charge in [-0.3, -0.25) is 0 Å². The summed E-state index contributed by atoms with van der Waals surface area (Å²) in [5.41, 5.74) is 8.40. The molecule has 0 aliphatic heterocycles. The molecule has 0 bridgehead atoms. The van der Waals surface area contributed by atoms with Gasteiger partial charge in [-0.25, -0.2) is 0 Å². The molecule has 0 saturated carbocycles. The predicted molar refractivity (Wildman–Crippen MR) is 66.6 cm³/mol. The molecular formula is C13H18N2O. The minimum atomic E-state index is 0.0325. The van der Waals surface area contributed by atoms with Gasteiger partial charge in [-0.2, -0.15) is 0 Å². The molecule has 3 heteroatoms. The molecule has 1 unspecified atom stereocenters. The lowest BCUT2D eigenvalue weighted by Gasteiger charge is -2.15. The minimum absolute atomic E-state index is 0.0325. The molecule has 86 valence electrons. The smallest absolute Gasteiger partial charge is 0.128 e. The first-order chi connectivity index (χ1) is 7.65. The molecule has 0 radical (unpaired) electrons. The largest absolute Gasteiger partial charge is 0.496 e. The van der Waals surface area contributed by atoms with Gasteiger partial charge in [0.1, 0.15) is 5.75 Å². The number of fused-ring (bicyclic) bond motifs is 1. The highest BCUT2D eigenvalue weighted by Gasteiger charge is 2.17. The van der Waals surface area contributed by atoms with Crippen molar-refractivity contribution in [3.05, 3.63) is 30.0 Å². The van der Waals surface area contributed by atoms with Gasteiger partial charge in [-0.1, -0.05) is 19.9 Å². The first-order valence-electron chi connectivity index (χ1n) is 5.54. The molecule has 0 amide bonds. The van der Waals surface area contributed by atoms with E-state index in [1.165, 1.54) is 0 Å². The second kappa shape index (κ2) is 4.18. The van der Waals surface area contributed by atoms with Gasteiger partial charge in [0.2, 0.25) is 0 Å². The molecule has 0 fully saturated rings. The first-order valence-corrected chi connectivity index (χ1v) is 5.54. The summed E-state index contributed by atoms with van der Waals surface area (Å²) in [6, 6.07) is 6.01. The molecule has 0 aliphatic carbocycles. The fourth-order valence-electron chi connectivity index (χ4n) is 1.97. The van der Waals surface area contributed by atoms with Gasteiger partial charge in [0.05, 0.1) is 7.11 Å². The molecule has 3 nitrogen and oxygen atoms in total. The third-order valence-corrected chi connectivity index (χ3v) is 3.00. The van der Waals surface area contributed by atoms with E-state index in [0.717, 1.165) is 22.2 Å². The zero-order valence-corrected chi connectivity index (χ0v) is 9.95. The summed E-state index contributed by atoms with van der Waals surface area (Å²) < 4.78 is 5.38. The van der Waals surface area contributed by atoms with Crippen molar-refractivity contribution in [1.82, 2.24) is 4.98 Å². The van der Waals surface area contributed by atoms with Crippen LogP contribution >= 0.6 is 0 Å². The SMILES string of the molecule is COc1cccc2[nH]cc(C(N)C(C)C)c12. The van der Waals surface area contributed by atoms with Gasteiger partial charge in [0, 0.05) is 23.1 Å². The molecule has 0 saturated heterocycles. The lowest BCUT2D eigenvalue weighted by atomic mass is 9.96. The Balaban J connectivity index is 2.62. The second-order valence-electron chi connectivity index (χ2n) is 4.40. The second-order valence-corrected chi connectivity index (χ2v) is 4.40. The highest BCUT2D eigenvalue weighted by molar-refractivity contribution is 5.89. The van der Waals surface area contributed by atoms with Crippen LogP contribution in [0.5, 0.6) is 5.75 Å². The number of benzene rings is 1. The Hall–Kier alpha value is -1.48. The number of ether oxygens (including phenoxy) is 1. The number of H-pyrrole nitrogens is 1. The van der Waals surface area contributed by atoms with Crippen molar-refractivity contribution in [2.75, 3.05) is 7.11 Å². The minimum Gasteiger partial charge on any atom is -0.496 e. The molecule has 1 aromatic carbocycles. The maximum absolute atomic E-state index is 6.20. The van der Waals surface area contributed by atoms with Crippen molar-refractivity contribution < 1.29 is 4.74 Å². The Morgan fingerprint density at radius 2 is 2.06 bits per heavy atom. The number of nitrogens with one attached hydrogen (secondary N) is 1. The van der Waals surface area contributed by atoms with Crippen LogP contribution in [0.25, 0.3) is 10.9 Å². The van der Waals surface area contributed by atoms with Crippen LogP contribution in [0.3, 0.4) is 0 Å². The van der Waals surface area contributed by atoms with Crippen LogP contribution in [-0.2, 0) is 0 Å². The molecule has 0 spiro atoms. The Kier molecular flexibility index (Phi) is 2.88. The summed E-state index contributed by atoms with van der Waals surface area (Å²) in [6.07, 6.45) is 1.98. The normalized spacial score (nSPS) is 13.3. The van der Waals surface area contributed by atoms with Gasteiger partial charge < -0.3 is 15.5 Å². The van der Waals surface area contributed by atoms with E-state index >= 15 is 0 Å². The van der Waals surface area contributed by atoms with E-state index in [-0.39, 0.29) is 6.04 Å². The van der Waals surface area contributed by atoms with E-state index in [1.54, 1.807) is 7.11 Å². The Bertz CT molecular complexity index is 488. The van der Waals surface area contributed by atoms with Crippen molar-refractivity contribution in [1.29, 1.82) is 0 Å². The highest BCUT2D eigenvalue weighted by Crippen LogP contribution is 2.33. The summed E-state index contributed by atoms with van der Waals surface area (Å²) in [6.45, 7) is 4.25. The van der Waals surface area contributed by atoms with Crippen molar-refractivity contribution >= 4 is 10.9 Å². The summed E-state index contributed by atoms with van der Waals surface area (Å²) in [7, 11) is 1.69. The molecule has 16 heavy (non-hydrogen) atoms. The van der Waals surface area contributed by atoms with Gasteiger partial charge in [0.15, 0.2) is 0 Å². The van der Waals surface area contributed by atoms with Gasteiger partial charge >= 0.3 is 0 Å². The van der Waals surface area contributed by atoms with Crippen molar-refractivity contribution in [3.8, 4) is 5.75 Å². The number of rotatable bonds is 3. The van der Waals surface area contributed by atoms with E-state index in [2.05, 4.69) is 18.8 Å². The van der Waals surface area contributed by atoms with Crippen LogP contribution in [0.1, 0.15) is 25.5 Å². The quantitative estimate of drug-likeness (QED) is 0.832. The fourth-order valence-corrected chi connectivity index (χ4v) is 1.97. The number of aromatic amines is 1. The number of hydrogen-bond acceptors (Lipinski definition) is 2. The van der Waals surface area contributed by atoms with Gasteiger partial charge in [-0.15, -0.1) is 0 Å². The Morgan fingerprint density at radius 3 is 2.69 bits per heavy atom. The molecule has 0 aliphatic rings. The van der Waals surface area contributed by atoms with E-state index in [9.17, 15) is 0 Å². The predicted octanol–water partition coefficient (Wildman–Crippen LogP) is 2.83. The molecule has 2 aromatic rings. The van der Waals surface area contributed by atoms with E-state index in [4.69, 9.17) is 10.5 Å². The zero-order chi connectivity index (χ0) is 11.7. The van der Waals surface area contributed by atoms with E-state index in [0.29, 0.717) is 5.92 Å². The van der Waals surface area contributed by atoms with Crippen molar-refractivity contribution in [2.45, 2.75) is 19.9 Å². The van der Waals surface area contributed by atoms with Crippen molar-refractivity contribution in [2.24, 2.45) is 11.7 Å². The molecule has 1 heterocycles. The number of nitrogens with two attached hydrogens (primary N) is 1. The summed E-state index contributed by atoms with van der Waals surface area (Å²) in [5.74, 6) is 1.29. The van der Waals surface area contributed by atoms with Crippen LogP contribution in [0.4, 0.5) is 0 Å². The maximum Gasteiger partial charge on any atom is 0.128 e. The van der Waals surface area contributed by atoms with Gasteiger partial charge in [-0.05, 0) is 23.6 Å². The zero-order valence-electron chi connectivity index (χ0n) is 9.95. The molecule has 3 N–H and O–H groups in total. The summed E-state index contributed by atoms with van der Waals surface area (Å²) in [4.78, 5) is 3.24. The Morgan fingerprint density at radius 1 is 1.31 bits per heavy atom. The first kappa shape index (κ1) is 11.0. The monoisotopic (exact) mass is 218 g/mol. The Labute approximate surface area is 95.6 Å². The average molecular weight is 218 g/mol. The number of methoxy groups -OCH3 is 1. The van der Waals surface area contributed by atoms with Crippen LogP contribution in [0, 0.1) is 5.92 Å². The molecule has 1 atom stereocenters. The summed E-state index contributed by atoms with van der Waals surface area (Å²) in [5, 5.41) is 1.10. The van der Waals surface area contributed by atoms with Crippen LogP contribution < -0.4 is 10.5 Å².